The number of nitrogens with zero attached hydrogens (tertiary/aromatic N) is 3. The first-order chi connectivity index (χ1) is 30.9. The third kappa shape index (κ3) is 5.84. The van der Waals surface area contributed by atoms with Crippen LogP contribution in [-0.2, 0) is 5.41 Å². The second-order valence-corrected chi connectivity index (χ2v) is 17.4. The van der Waals surface area contributed by atoms with Crippen LogP contribution in [-0.4, -0.2) is 11.8 Å². The van der Waals surface area contributed by atoms with Gasteiger partial charge in [0.2, 0.25) is 0 Å². The molecule has 4 nitrogen and oxygen atoms in total. The second kappa shape index (κ2) is 14.4. The number of aromatic nitrogens is 1. The van der Waals surface area contributed by atoms with Gasteiger partial charge >= 0.3 is 0 Å². The smallest absolute Gasteiger partial charge is 0.197 e. The number of benzene rings is 9. The minimum absolute atomic E-state index is 0.195. The van der Waals surface area contributed by atoms with E-state index in [0.717, 1.165) is 56.6 Å². The highest BCUT2D eigenvalue weighted by Crippen LogP contribution is 2.52. The van der Waals surface area contributed by atoms with Crippen LogP contribution in [0.2, 0.25) is 0 Å². The number of anilines is 8. The molecule has 0 fully saturated rings. The van der Waals surface area contributed by atoms with E-state index >= 15 is 0 Å². The number of rotatable bonds is 9. The fourth-order valence-corrected chi connectivity index (χ4v) is 10.2. The van der Waals surface area contributed by atoms with Crippen molar-refractivity contribution in [2.24, 2.45) is 0 Å². The molecule has 1 N–H and O–H groups in total. The van der Waals surface area contributed by atoms with Crippen LogP contribution in [0.15, 0.2) is 206 Å². The molecule has 0 saturated heterocycles. The molecule has 0 unspecified atom stereocenters. The van der Waals surface area contributed by atoms with Crippen molar-refractivity contribution in [3.8, 4) is 16.8 Å². The lowest BCUT2D eigenvalue weighted by Crippen LogP contribution is -2.41. The molecule has 5 heteroatoms. The van der Waals surface area contributed by atoms with Gasteiger partial charge in [-0.3, -0.25) is 0 Å². The van der Waals surface area contributed by atoms with Gasteiger partial charge in [0.05, 0.1) is 16.7 Å². The summed E-state index contributed by atoms with van der Waals surface area (Å²) >= 11 is 0. The van der Waals surface area contributed by atoms with Crippen LogP contribution in [0.5, 0.6) is 0 Å². The van der Waals surface area contributed by atoms with Crippen molar-refractivity contribution in [2.75, 3.05) is 15.1 Å². The van der Waals surface area contributed by atoms with E-state index in [9.17, 15) is 0 Å². The van der Waals surface area contributed by atoms with E-state index in [1.165, 1.54) is 55.1 Å². The molecule has 0 atom stereocenters. The standard InChI is InChI=1S/C58H44BN4/c1-38-30-32-39(33-31-38)60-51-35-34-44(61(40-18-8-4-9-19-40)41-20-10-5-11-21-41)36-46(51)47-37-52(62(42-22-12-6-13-23-42)43-24-14-7-15-25-43)53-45-26-16-27-48-55(45)63-56-49(58(48,2)3)28-17-29-50(56)59-54(47)57(53)63/h4-37,60H,1-3H3. The summed E-state index contributed by atoms with van der Waals surface area (Å²) in [6, 6.07) is 75.0. The van der Waals surface area contributed by atoms with Crippen molar-refractivity contribution in [2.45, 2.75) is 26.2 Å². The second-order valence-electron chi connectivity index (χ2n) is 17.4. The Kier molecular flexibility index (Phi) is 8.48. The van der Waals surface area contributed by atoms with Crippen molar-refractivity contribution in [1.82, 2.24) is 4.57 Å². The van der Waals surface area contributed by atoms with Crippen molar-refractivity contribution in [3.63, 3.8) is 0 Å². The summed E-state index contributed by atoms with van der Waals surface area (Å²) in [6.45, 7) is 6.92. The first-order valence-corrected chi connectivity index (χ1v) is 21.9. The van der Waals surface area contributed by atoms with Gasteiger partial charge in [-0.2, -0.15) is 0 Å². The van der Waals surface area contributed by atoms with Gasteiger partial charge in [0, 0.05) is 67.2 Å². The molecular weight excluding hydrogens is 763 g/mol. The summed E-state index contributed by atoms with van der Waals surface area (Å²) in [4.78, 5) is 4.82. The van der Waals surface area contributed by atoms with Crippen LogP contribution in [0, 0.1) is 6.92 Å². The third-order valence-corrected chi connectivity index (χ3v) is 13.2. The van der Waals surface area contributed by atoms with Crippen LogP contribution in [0.4, 0.5) is 45.5 Å². The largest absolute Gasteiger partial charge is 0.355 e. The summed E-state index contributed by atoms with van der Waals surface area (Å²) in [7, 11) is 2.46. The molecule has 63 heavy (non-hydrogen) atoms. The quantitative estimate of drug-likeness (QED) is 0.147. The summed E-state index contributed by atoms with van der Waals surface area (Å²) in [5.41, 5.74) is 20.9. The minimum Gasteiger partial charge on any atom is -0.355 e. The Morgan fingerprint density at radius 3 is 1.68 bits per heavy atom. The Morgan fingerprint density at radius 1 is 0.492 bits per heavy atom. The zero-order valence-corrected chi connectivity index (χ0v) is 35.5. The van der Waals surface area contributed by atoms with E-state index in [4.69, 9.17) is 0 Å². The van der Waals surface area contributed by atoms with E-state index < -0.39 is 0 Å². The van der Waals surface area contributed by atoms with Gasteiger partial charge in [-0.25, -0.2) is 0 Å². The van der Waals surface area contributed by atoms with Crippen LogP contribution >= 0.6 is 0 Å². The van der Waals surface area contributed by atoms with Gasteiger partial charge in [-0.15, -0.1) is 0 Å². The molecule has 0 amide bonds. The molecule has 12 rings (SSSR count). The van der Waals surface area contributed by atoms with E-state index in [1.807, 2.05) is 0 Å². The van der Waals surface area contributed by atoms with Gasteiger partial charge in [0.15, 0.2) is 7.28 Å². The maximum atomic E-state index is 3.91. The van der Waals surface area contributed by atoms with E-state index in [0.29, 0.717) is 0 Å². The Bertz CT molecular complexity index is 3280. The van der Waals surface area contributed by atoms with Gasteiger partial charge in [0.25, 0.3) is 0 Å². The lowest BCUT2D eigenvalue weighted by Gasteiger charge is -2.38. The average molecular weight is 808 g/mol. The molecule has 10 aromatic rings. The fourth-order valence-electron chi connectivity index (χ4n) is 10.2. The predicted molar refractivity (Wildman–Crippen MR) is 267 cm³/mol. The van der Waals surface area contributed by atoms with Crippen LogP contribution < -0.4 is 26.0 Å². The van der Waals surface area contributed by atoms with Gasteiger partial charge in [0.1, 0.15) is 0 Å². The number of hydrogen-bond donors (Lipinski definition) is 1. The summed E-state index contributed by atoms with van der Waals surface area (Å²) in [5.74, 6) is 0. The maximum Gasteiger partial charge on any atom is 0.197 e. The number of aryl methyl sites for hydroxylation is 1. The average Bonchev–Trinajstić information content (AvgIpc) is 3.68. The molecule has 0 bridgehead atoms. The van der Waals surface area contributed by atoms with Crippen molar-refractivity contribution in [3.05, 3.63) is 223 Å². The monoisotopic (exact) mass is 807 g/mol. The molecule has 9 aromatic carbocycles. The Labute approximate surface area is 369 Å². The fraction of sp³-hybridized carbons (Fsp3) is 0.0690. The molecule has 1 aromatic heterocycles. The molecule has 3 heterocycles. The van der Waals surface area contributed by atoms with Gasteiger partial charge in [-0.05, 0) is 114 Å². The molecule has 0 saturated carbocycles. The minimum atomic E-state index is -0.195. The number of hydrogen-bond acceptors (Lipinski definition) is 3. The topological polar surface area (TPSA) is 23.4 Å². The normalized spacial score (nSPS) is 12.9. The number of nitrogens with one attached hydrogen (secondary N) is 1. The van der Waals surface area contributed by atoms with E-state index in [-0.39, 0.29) is 5.41 Å². The molecule has 0 aliphatic carbocycles. The molecule has 2 aliphatic rings. The first-order valence-electron chi connectivity index (χ1n) is 21.9. The SMILES string of the molecule is Cc1ccc(Nc2ccc(N(c3ccccc3)c3ccccc3)cc2-c2cc(N(c3ccccc3)c3ccccc3)c3c4cccc5c4n4c3c2[B]c2cccc(c2-4)C5(C)C)cc1. The molecule has 0 spiro atoms. The van der Waals surface area contributed by atoms with Gasteiger partial charge < -0.3 is 19.7 Å². The zero-order chi connectivity index (χ0) is 42.2. The highest BCUT2D eigenvalue weighted by atomic mass is 15.2. The molecule has 299 valence electrons. The summed E-state index contributed by atoms with van der Waals surface area (Å²) in [5, 5.41) is 6.41. The molecule has 1 radical (unpaired) electrons. The highest BCUT2D eigenvalue weighted by Gasteiger charge is 2.40. The number of para-hydroxylation sites is 6. The summed E-state index contributed by atoms with van der Waals surface area (Å²) < 4.78 is 2.61. The highest BCUT2D eigenvalue weighted by molar-refractivity contribution is 6.74. The lowest BCUT2D eigenvalue weighted by atomic mass is 9.57. The van der Waals surface area contributed by atoms with E-state index in [1.54, 1.807) is 0 Å². The Morgan fingerprint density at radius 2 is 1.06 bits per heavy atom. The zero-order valence-electron chi connectivity index (χ0n) is 35.5. The first kappa shape index (κ1) is 37.0. The van der Waals surface area contributed by atoms with E-state index in [2.05, 4.69) is 254 Å². The molecular formula is C58H44BN4. The van der Waals surface area contributed by atoms with Crippen molar-refractivity contribution < 1.29 is 0 Å². The van der Waals surface area contributed by atoms with Crippen LogP contribution in [0.3, 0.4) is 0 Å². The van der Waals surface area contributed by atoms with Crippen LogP contribution in [0.1, 0.15) is 30.5 Å². The maximum absolute atomic E-state index is 3.91. The third-order valence-electron chi connectivity index (χ3n) is 13.2. The summed E-state index contributed by atoms with van der Waals surface area (Å²) in [6.07, 6.45) is 0. The lowest BCUT2D eigenvalue weighted by molar-refractivity contribution is 0.631. The van der Waals surface area contributed by atoms with Gasteiger partial charge in [-0.1, -0.05) is 146 Å². The van der Waals surface area contributed by atoms with Crippen LogP contribution in [0.25, 0.3) is 38.6 Å². The Hall–Kier alpha value is -7.76. The number of fused-ring (bicyclic) bond motifs is 1. The Balaban J connectivity index is 1.23. The predicted octanol–water partition coefficient (Wildman–Crippen LogP) is 14.1. The van der Waals surface area contributed by atoms with Crippen molar-refractivity contribution >= 4 is 85.5 Å². The molecule has 2 aliphatic heterocycles. The van der Waals surface area contributed by atoms with Crippen molar-refractivity contribution in [1.29, 1.82) is 0 Å².